The lowest BCUT2D eigenvalue weighted by Gasteiger charge is -2.26. The van der Waals surface area contributed by atoms with E-state index in [4.69, 9.17) is 0 Å². The van der Waals surface area contributed by atoms with Gasteiger partial charge in [0.05, 0.1) is 6.54 Å². The molecule has 3 N–H and O–H groups in total. The number of hydrogen-bond donors (Lipinski definition) is 3. The van der Waals surface area contributed by atoms with Gasteiger partial charge in [0.1, 0.15) is 6.04 Å². The second-order valence-electron chi connectivity index (χ2n) is 5.15. The fourth-order valence-corrected chi connectivity index (χ4v) is 2.54. The standard InChI is InChI=1S/C13H19N3O4/c17-11-6-7-16(13(20)15-11)8-10(12(18)19)14-9-4-2-1-3-5-9/h6-7,9-10,14H,1-5,8H2,(H,18,19)(H,15,17,20). The molecule has 1 heterocycles. The summed E-state index contributed by atoms with van der Waals surface area (Å²) in [7, 11) is 0. The molecule has 0 radical (unpaired) electrons. The first-order chi connectivity index (χ1) is 9.56. The Morgan fingerprint density at radius 2 is 2.10 bits per heavy atom. The number of nitrogens with zero attached hydrogens (tertiary/aromatic N) is 1. The molecule has 7 nitrogen and oxygen atoms in total. The fourth-order valence-electron chi connectivity index (χ4n) is 2.54. The average molecular weight is 281 g/mol. The van der Waals surface area contributed by atoms with Crippen molar-refractivity contribution >= 4 is 5.97 Å². The van der Waals surface area contributed by atoms with Crippen molar-refractivity contribution in [1.82, 2.24) is 14.9 Å². The molecule has 1 fully saturated rings. The summed E-state index contributed by atoms with van der Waals surface area (Å²) in [4.78, 5) is 36.0. The van der Waals surface area contributed by atoms with Gasteiger partial charge in [0.2, 0.25) is 0 Å². The van der Waals surface area contributed by atoms with Gasteiger partial charge < -0.3 is 10.4 Å². The van der Waals surface area contributed by atoms with Crippen LogP contribution in [0.15, 0.2) is 21.9 Å². The smallest absolute Gasteiger partial charge is 0.328 e. The van der Waals surface area contributed by atoms with Gasteiger partial charge >= 0.3 is 11.7 Å². The molecule has 1 atom stereocenters. The van der Waals surface area contributed by atoms with Crippen LogP contribution in [0.25, 0.3) is 0 Å². The van der Waals surface area contributed by atoms with Gasteiger partial charge in [0.15, 0.2) is 0 Å². The third-order valence-electron chi connectivity index (χ3n) is 3.62. The number of carboxylic acids is 1. The highest BCUT2D eigenvalue weighted by atomic mass is 16.4. The van der Waals surface area contributed by atoms with Gasteiger partial charge in [-0.05, 0) is 12.8 Å². The second kappa shape index (κ2) is 6.51. The molecule has 1 aromatic rings. The zero-order valence-electron chi connectivity index (χ0n) is 11.2. The van der Waals surface area contributed by atoms with Crippen LogP contribution in [0.2, 0.25) is 0 Å². The Labute approximate surface area is 115 Å². The highest BCUT2D eigenvalue weighted by molar-refractivity contribution is 5.73. The van der Waals surface area contributed by atoms with Crippen LogP contribution in [-0.2, 0) is 11.3 Å². The Hall–Kier alpha value is -1.89. The van der Waals surface area contributed by atoms with Crippen LogP contribution in [0.4, 0.5) is 0 Å². The van der Waals surface area contributed by atoms with Gasteiger partial charge in [0.25, 0.3) is 5.56 Å². The molecule has 0 aromatic carbocycles. The fraction of sp³-hybridized carbons (Fsp3) is 0.615. The Kier molecular flexibility index (Phi) is 4.73. The molecule has 0 aliphatic heterocycles. The molecule has 2 rings (SSSR count). The van der Waals surface area contributed by atoms with Crippen molar-refractivity contribution in [2.45, 2.75) is 50.7 Å². The number of hydrogen-bond acceptors (Lipinski definition) is 4. The summed E-state index contributed by atoms with van der Waals surface area (Å²) in [6, 6.07) is 0.561. The zero-order chi connectivity index (χ0) is 14.5. The molecule has 1 aliphatic carbocycles. The minimum Gasteiger partial charge on any atom is -0.480 e. The summed E-state index contributed by atoms with van der Waals surface area (Å²) in [6.07, 6.45) is 6.63. The van der Waals surface area contributed by atoms with Gasteiger partial charge in [-0.25, -0.2) is 4.79 Å². The lowest BCUT2D eigenvalue weighted by molar-refractivity contribution is -0.140. The summed E-state index contributed by atoms with van der Waals surface area (Å²) in [5, 5.41) is 12.4. The van der Waals surface area contributed by atoms with Crippen molar-refractivity contribution < 1.29 is 9.90 Å². The number of aliphatic carboxylic acids is 1. The van der Waals surface area contributed by atoms with Crippen LogP contribution in [0.3, 0.4) is 0 Å². The molecule has 1 saturated carbocycles. The molecule has 1 unspecified atom stereocenters. The van der Waals surface area contributed by atoms with E-state index < -0.39 is 23.3 Å². The van der Waals surface area contributed by atoms with E-state index in [-0.39, 0.29) is 12.6 Å². The molecule has 1 aromatic heterocycles. The molecule has 0 saturated heterocycles. The summed E-state index contributed by atoms with van der Waals surface area (Å²) in [5.41, 5.74) is -1.08. The van der Waals surface area contributed by atoms with Gasteiger partial charge in [-0.1, -0.05) is 19.3 Å². The van der Waals surface area contributed by atoms with E-state index >= 15 is 0 Å². The predicted molar refractivity (Wildman–Crippen MR) is 72.8 cm³/mol. The summed E-state index contributed by atoms with van der Waals surface area (Å²) in [6.45, 7) is 0.00144. The summed E-state index contributed by atoms with van der Waals surface area (Å²) >= 11 is 0. The van der Waals surface area contributed by atoms with Gasteiger partial charge in [-0.2, -0.15) is 0 Å². The van der Waals surface area contributed by atoms with Gasteiger partial charge in [-0.15, -0.1) is 0 Å². The Bertz CT molecular complexity index is 571. The summed E-state index contributed by atoms with van der Waals surface area (Å²) in [5.74, 6) is -0.992. The lowest BCUT2D eigenvalue weighted by Crippen LogP contribution is -2.48. The second-order valence-corrected chi connectivity index (χ2v) is 5.15. The first-order valence-corrected chi connectivity index (χ1v) is 6.85. The van der Waals surface area contributed by atoms with E-state index in [2.05, 4.69) is 10.3 Å². The summed E-state index contributed by atoms with van der Waals surface area (Å²) < 4.78 is 1.20. The quantitative estimate of drug-likeness (QED) is 0.700. The maximum atomic E-state index is 11.6. The molecule has 0 bridgehead atoms. The maximum absolute atomic E-state index is 11.6. The van der Waals surface area contributed by atoms with E-state index in [0.717, 1.165) is 25.7 Å². The van der Waals surface area contributed by atoms with Crippen molar-refractivity contribution in [2.24, 2.45) is 0 Å². The van der Waals surface area contributed by atoms with Crippen LogP contribution < -0.4 is 16.6 Å². The largest absolute Gasteiger partial charge is 0.480 e. The van der Waals surface area contributed by atoms with Gasteiger partial charge in [-0.3, -0.25) is 19.1 Å². The first kappa shape index (κ1) is 14.5. The normalized spacial score (nSPS) is 17.8. The van der Waals surface area contributed by atoms with Crippen LogP contribution >= 0.6 is 0 Å². The number of carboxylic acid groups (broad SMARTS) is 1. The SMILES string of the molecule is O=C(O)C(Cn1ccc(=O)[nH]c1=O)NC1CCCCC1. The average Bonchev–Trinajstić information content (AvgIpc) is 2.42. The number of H-pyrrole nitrogens is 1. The predicted octanol–water partition coefficient (Wildman–Crippen LogP) is -0.0879. The molecule has 7 heteroatoms. The van der Waals surface area contributed by atoms with E-state index in [0.29, 0.717) is 0 Å². The molecule has 110 valence electrons. The van der Waals surface area contributed by atoms with Gasteiger partial charge in [0, 0.05) is 18.3 Å². The minimum absolute atomic E-state index is 0.00144. The van der Waals surface area contributed by atoms with Crippen molar-refractivity contribution in [3.63, 3.8) is 0 Å². The number of nitrogens with one attached hydrogen (secondary N) is 2. The molecular formula is C13H19N3O4. The van der Waals surface area contributed by atoms with Crippen LogP contribution in [-0.4, -0.2) is 32.7 Å². The number of aromatic amines is 1. The Morgan fingerprint density at radius 3 is 2.70 bits per heavy atom. The van der Waals surface area contributed by atoms with Crippen molar-refractivity contribution in [3.8, 4) is 0 Å². The van der Waals surface area contributed by atoms with E-state index in [9.17, 15) is 19.5 Å². The van der Waals surface area contributed by atoms with Crippen molar-refractivity contribution in [2.75, 3.05) is 0 Å². The maximum Gasteiger partial charge on any atom is 0.328 e. The van der Waals surface area contributed by atoms with E-state index in [1.165, 1.54) is 23.3 Å². The number of rotatable bonds is 5. The number of carbonyl (C=O) groups is 1. The molecular weight excluding hydrogens is 262 g/mol. The highest BCUT2D eigenvalue weighted by Crippen LogP contribution is 2.17. The number of aromatic nitrogens is 2. The molecule has 0 amide bonds. The molecule has 1 aliphatic rings. The minimum atomic E-state index is -0.992. The van der Waals surface area contributed by atoms with Crippen molar-refractivity contribution in [3.05, 3.63) is 33.1 Å². The molecule has 0 spiro atoms. The van der Waals surface area contributed by atoms with Crippen LogP contribution in [0.5, 0.6) is 0 Å². The molecule has 20 heavy (non-hydrogen) atoms. The van der Waals surface area contributed by atoms with Crippen molar-refractivity contribution in [1.29, 1.82) is 0 Å². The topological polar surface area (TPSA) is 104 Å². The monoisotopic (exact) mass is 281 g/mol. The van der Waals surface area contributed by atoms with Crippen LogP contribution in [0, 0.1) is 0 Å². The van der Waals surface area contributed by atoms with Crippen LogP contribution in [0.1, 0.15) is 32.1 Å². The Morgan fingerprint density at radius 1 is 1.40 bits per heavy atom. The van der Waals surface area contributed by atoms with E-state index in [1.54, 1.807) is 0 Å². The van der Waals surface area contributed by atoms with E-state index in [1.807, 2.05) is 0 Å². The lowest BCUT2D eigenvalue weighted by atomic mass is 9.95. The third-order valence-corrected chi connectivity index (χ3v) is 3.62. The third kappa shape index (κ3) is 3.80. The first-order valence-electron chi connectivity index (χ1n) is 6.85. The zero-order valence-corrected chi connectivity index (χ0v) is 11.2. The Balaban J connectivity index is 2.06. The highest BCUT2D eigenvalue weighted by Gasteiger charge is 2.23.